The van der Waals surface area contributed by atoms with Gasteiger partial charge in [0.05, 0.1) is 31.1 Å². The van der Waals surface area contributed by atoms with E-state index < -0.39 is 5.97 Å². The number of esters is 1. The molecule has 2 aromatic heterocycles. The van der Waals surface area contributed by atoms with Crippen LogP contribution in [-0.2, 0) is 11.3 Å². The number of nitrogens with zero attached hydrogens (tertiary/aromatic N) is 1. The number of nitrogens with two attached hydrogens (primary N) is 1. The lowest BCUT2D eigenvalue weighted by atomic mass is 10.1. The molecule has 0 aliphatic rings. The maximum absolute atomic E-state index is 12.9. The van der Waals surface area contributed by atoms with Gasteiger partial charge in [0, 0.05) is 34.5 Å². The van der Waals surface area contributed by atoms with E-state index in [0.717, 1.165) is 5.56 Å². The van der Waals surface area contributed by atoms with Gasteiger partial charge in [-0.05, 0) is 42.6 Å². The third-order valence-corrected chi connectivity index (χ3v) is 6.39. The Morgan fingerprint density at radius 3 is 2.62 bits per heavy atom. The number of nitrogens with one attached hydrogen (secondary N) is 1. The number of thiophene rings is 1. The monoisotopic (exact) mass is 523 g/mol. The Morgan fingerprint density at radius 1 is 1.08 bits per heavy atom. The van der Waals surface area contributed by atoms with Crippen molar-refractivity contribution in [3.63, 3.8) is 0 Å². The van der Waals surface area contributed by atoms with E-state index in [0.29, 0.717) is 44.1 Å². The molecule has 0 unspecified atom stereocenters. The Bertz CT molecular complexity index is 1420. The van der Waals surface area contributed by atoms with Crippen molar-refractivity contribution in [2.45, 2.75) is 21.0 Å². The van der Waals surface area contributed by atoms with E-state index in [1.165, 1.54) is 24.6 Å². The molecule has 9 nitrogen and oxygen atoms in total. The fourth-order valence-electron chi connectivity index (χ4n) is 3.58. The van der Waals surface area contributed by atoms with Gasteiger partial charge in [0.25, 0.3) is 5.91 Å². The van der Waals surface area contributed by atoms with Crippen molar-refractivity contribution in [1.29, 1.82) is 0 Å². The lowest BCUT2D eigenvalue weighted by molar-refractivity contribution is 0.0528. The highest BCUT2D eigenvalue weighted by molar-refractivity contribution is 7.17. The highest BCUT2D eigenvalue weighted by Crippen LogP contribution is 2.35. The molecule has 0 fully saturated rings. The molecule has 3 N–H and O–H groups in total. The van der Waals surface area contributed by atoms with Crippen molar-refractivity contribution in [2.75, 3.05) is 31.9 Å². The molecule has 0 atom stereocenters. The first-order chi connectivity index (χ1) is 17.4. The summed E-state index contributed by atoms with van der Waals surface area (Å²) in [4.78, 5) is 29.3. The zero-order valence-corrected chi connectivity index (χ0v) is 20.8. The molecule has 37 heavy (non-hydrogen) atoms. The summed E-state index contributed by atoms with van der Waals surface area (Å²) in [5.41, 5.74) is 8.21. The number of nitrogen functional groups attached to an aromatic ring is 1. The molecule has 4 aromatic rings. The van der Waals surface area contributed by atoms with Crippen molar-refractivity contribution < 1.29 is 28.5 Å². The maximum Gasteiger partial charge on any atom is 0.341 e. The van der Waals surface area contributed by atoms with Crippen LogP contribution < -0.4 is 25.3 Å². The molecule has 2 heterocycles. The zero-order valence-electron chi connectivity index (χ0n) is 20.0. The Kier molecular flexibility index (Phi) is 8.91. The van der Waals surface area contributed by atoms with Gasteiger partial charge in [-0.25, -0.2) is 9.78 Å². The third-order valence-electron chi connectivity index (χ3n) is 5.33. The molecule has 0 aliphatic carbocycles. The lowest BCUT2D eigenvalue weighted by Crippen LogP contribution is -2.12. The first kappa shape index (κ1) is 27.3. The molecular formula is C27H29N3O6S. The number of amides is 1. The van der Waals surface area contributed by atoms with E-state index in [-0.39, 0.29) is 32.4 Å². The van der Waals surface area contributed by atoms with Crippen LogP contribution in [0.4, 0.5) is 11.5 Å². The summed E-state index contributed by atoms with van der Waals surface area (Å²) < 4.78 is 22.5. The largest absolute Gasteiger partial charge is 0.497 e. The number of fused-ring (bicyclic) bond motifs is 1. The average molecular weight is 524 g/mol. The topological polar surface area (TPSA) is 122 Å². The van der Waals surface area contributed by atoms with E-state index in [2.05, 4.69) is 10.3 Å². The van der Waals surface area contributed by atoms with Crippen molar-refractivity contribution in [1.82, 2.24) is 4.98 Å². The Hall–Kier alpha value is -4.31. The molecule has 0 spiro atoms. The second-order valence-corrected chi connectivity index (χ2v) is 8.46. The number of anilines is 2. The van der Waals surface area contributed by atoms with Crippen LogP contribution >= 0.6 is 11.3 Å². The van der Waals surface area contributed by atoms with Gasteiger partial charge in [0.2, 0.25) is 0 Å². The number of hydrogen-bond acceptors (Lipinski definition) is 9. The predicted molar refractivity (Wildman–Crippen MR) is 145 cm³/mol. The van der Waals surface area contributed by atoms with Gasteiger partial charge in [0.1, 0.15) is 18.2 Å². The summed E-state index contributed by atoms with van der Waals surface area (Å²) >= 11 is 1.36. The SMILES string of the molecule is C.CCOC(=O)c1cnc(N)c2c(COc3cc(C(=O)Nc4cccc(OC)c4)ccc3OC)csc12. The van der Waals surface area contributed by atoms with E-state index in [4.69, 9.17) is 24.7 Å². The van der Waals surface area contributed by atoms with Crippen molar-refractivity contribution in [3.05, 3.63) is 70.7 Å². The second kappa shape index (κ2) is 12.1. The summed E-state index contributed by atoms with van der Waals surface area (Å²) in [5, 5.41) is 5.34. The molecule has 1 amide bonds. The molecule has 10 heteroatoms. The fourth-order valence-corrected chi connectivity index (χ4v) is 4.64. The molecule has 2 aromatic carbocycles. The third kappa shape index (κ3) is 5.92. The molecular weight excluding hydrogens is 494 g/mol. The number of rotatable bonds is 9. The van der Waals surface area contributed by atoms with Gasteiger partial charge in [0.15, 0.2) is 11.5 Å². The number of pyridine rings is 1. The van der Waals surface area contributed by atoms with Crippen molar-refractivity contribution in [2.24, 2.45) is 0 Å². The van der Waals surface area contributed by atoms with E-state index in [1.807, 2.05) is 5.38 Å². The van der Waals surface area contributed by atoms with Crippen LogP contribution in [0.5, 0.6) is 17.2 Å². The van der Waals surface area contributed by atoms with Crippen LogP contribution in [0, 0.1) is 0 Å². The van der Waals surface area contributed by atoms with Gasteiger partial charge >= 0.3 is 5.97 Å². The summed E-state index contributed by atoms with van der Waals surface area (Å²) in [6.45, 7) is 2.12. The Balaban J connectivity index is 0.00000380. The Labute approximate surface area is 219 Å². The first-order valence-corrected chi connectivity index (χ1v) is 11.9. The minimum Gasteiger partial charge on any atom is -0.497 e. The van der Waals surface area contributed by atoms with E-state index in [9.17, 15) is 9.59 Å². The van der Waals surface area contributed by atoms with E-state index >= 15 is 0 Å². The van der Waals surface area contributed by atoms with Gasteiger partial charge < -0.3 is 30.0 Å². The molecule has 0 bridgehead atoms. The predicted octanol–water partition coefficient (Wildman–Crippen LogP) is 5.54. The van der Waals surface area contributed by atoms with E-state index in [1.54, 1.807) is 56.5 Å². The minimum atomic E-state index is -0.458. The zero-order chi connectivity index (χ0) is 25.7. The number of hydrogen-bond donors (Lipinski definition) is 2. The summed E-state index contributed by atoms with van der Waals surface area (Å²) in [6, 6.07) is 12.0. The lowest BCUT2D eigenvalue weighted by Gasteiger charge is -2.13. The van der Waals surface area contributed by atoms with Crippen LogP contribution in [0.25, 0.3) is 10.1 Å². The fraction of sp³-hybridized carbons (Fsp3) is 0.222. The number of methoxy groups -OCH3 is 2. The molecule has 0 aliphatic heterocycles. The average Bonchev–Trinajstić information content (AvgIpc) is 3.32. The number of carbonyl (C=O) groups excluding carboxylic acids is 2. The number of benzene rings is 2. The second-order valence-electron chi connectivity index (χ2n) is 7.58. The van der Waals surface area contributed by atoms with Crippen LogP contribution in [0.2, 0.25) is 0 Å². The van der Waals surface area contributed by atoms with Gasteiger partial charge in [-0.2, -0.15) is 0 Å². The quantitative estimate of drug-likeness (QED) is 0.274. The van der Waals surface area contributed by atoms with Gasteiger partial charge in [-0.15, -0.1) is 11.3 Å². The summed E-state index contributed by atoms with van der Waals surface area (Å²) in [7, 11) is 3.08. The summed E-state index contributed by atoms with van der Waals surface area (Å²) in [5.74, 6) is 0.990. The van der Waals surface area contributed by atoms with Gasteiger partial charge in [-0.1, -0.05) is 13.5 Å². The highest BCUT2D eigenvalue weighted by Gasteiger charge is 2.19. The van der Waals surface area contributed by atoms with Gasteiger partial charge in [-0.3, -0.25) is 4.79 Å². The van der Waals surface area contributed by atoms with Crippen LogP contribution in [-0.4, -0.2) is 37.7 Å². The highest BCUT2D eigenvalue weighted by atomic mass is 32.1. The molecule has 0 saturated heterocycles. The summed E-state index contributed by atoms with van der Waals surface area (Å²) in [6.07, 6.45) is 1.42. The smallest absolute Gasteiger partial charge is 0.341 e. The molecule has 0 saturated carbocycles. The van der Waals surface area contributed by atoms with Crippen molar-refractivity contribution >= 4 is 44.8 Å². The molecule has 0 radical (unpaired) electrons. The van der Waals surface area contributed by atoms with Crippen molar-refractivity contribution in [3.8, 4) is 17.2 Å². The Morgan fingerprint density at radius 2 is 1.89 bits per heavy atom. The maximum atomic E-state index is 12.9. The van der Waals surface area contributed by atoms with Crippen LogP contribution in [0.15, 0.2) is 54.0 Å². The normalized spacial score (nSPS) is 10.4. The molecule has 4 rings (SSSR count). The minimum absolute atomic E-state index is 0. The number of carbonyl (C=O) groups is 2. The standard InChI is InChI=1S/C26H25N3O6S.CH4/c1-4-34-26(31)19-12-28-24(27)22-16(14-36-23(19)22)13-35-21-10-15(8-9-20(21)33-3)25(30)29-17-6-5-7-18(11-17)32-2;/h5-12,14H,4,13H2,1-3H3,(H2,27,28)(H,29,30);1H4. The van der Waals surface area contributed by atoms with Crippen LogP contribution in [0.3, 0.4) is 0 Å². The first-order valence-electron chi connectivity index (χ1n) is 11.0. The number of ether oxygens (including phenoxy) is 4. The molecule has 194 valence electrons. The van der Waals surface area contributed by atoms with Crippen LogP contribution in [0.1, 0.15) is 40.6 Å². The number of aromatic nitrogens is 1.